The second kappa shape index (κ2) is 6.55. The minimum Gasteiger partial charge on any atom is -0.461 e. The predicted octanol–water partition coefficient (Wildman–Crippen LogP) is -0.242. The molecule has 1 heterocycles. The molecule has 0 unspecified atom stereocenters. The third kappa shape index (κ3) is 2.94. The number of amides is 1. The third-order valence-corrected chi connectivity index (χ3v) is 2.57. The van der Waals surface area contributed by atoms with Gasteiger partial charge in [-0.05, 0) is 6.92 Å². The van der Waals surface area contributed by atoms with E-state index in [2.05, 4.69) is 15.0 Å². The summed E-state index contributed by atoms with van der Waals surface area (Å²) in [4.78, 5) is 29.7. The molecule has 0 aliphatic carbocycles. The zero-order valence-corrected chi connectivity index (χ0v) is 10.5. The number of hydrogen-bond acceptors (Lipinski definition) is 7. The quantitative estimate of drug-likeness (QED) is 0.262. The van der Waals surface area contributed by atoms with Crippen LogP contribution in [-0.4, -0.2) is 41.7 Å². The standard InChI is InChI=1S/C9H11N3O5S/c1-3-17-8(14)7(11-16-2)6-4-18-9(10-5-13)12(6)15/h4-5,15H,3H2,1-2H3. The Morgan fingerprint density at radius 2 is 2.39 bits per heavy atom. The van der Waals surface area contributed by atoms with E-state index in [1.807, 2.05) is 0 Å². The van der Waals surface area contributed by atoms with Crippen LogP contribution >= 0.6 is 11.3 Å². The van der Waals surface area contributed by atoms with Gasteiger partial charge in [0.15, 0.2) is 0 Å². The summed E-state index contributed by atoms with van der Waals surface area (Å²) in [5.41, 5.74) is -0.189. The summed E-state index contributed by atoms with van der Waals surface area (Å²) in [5.74, 6) is -0.752. The minimum absolute atomic E-state index is 0.00750. The molecule has 0 fully saturated rings. The molecule has 0 atom stereocenters. The van der Waals surface area contributed by atoms with E-state index in [1.165, 1.54) is 12.5 Å². The fourth-order valence-corrected chi connectivity index (χ4v) is 1.81. The van der Waals surface area contributed by atoms with Crippen LogP contribution < -0.4 is 4.80 Å². The summed E-state index contributed by atoms with van der Waals surface area (Å²) >= 11 is 0.961. The first-order valence-corrected chi connectivity index (χ1v) is 5.69. The highest BCUT2D eigenvalue weighted by Crippen LogP contribution is 2.04. The highest BCUT2D eigenvalue weighted by atomic mass is 32.1. The van der Waals surface area contributed by atoms with Crippen LogP contribution in [0.1, 0.15) is 12.6 Å². The van der Waals surface area contributed by atoms with E-state index in [1.54, 1.807) is 6.92 Å². The Labute approximate surface area is 106 Å². The van der Waals surface area contributed by atoms with Gasteiger partial charge in [0, 0.05) is 5.38 Å². The van der Waals surface area contributed by atoms with Crippen molar-refractivity contribution in [3.63, 3.8) is 0 Å². The number of carbonyl (C=O) groups excluding carboxylic acids is 2. The molecule has 1 aromatic rings. The van der Waals surface area contributed by atoms with Gasteiger partial charge in [0.05, 0.1) is 6.61 Å². The number of ether oxygens (including phenoxy) is 1. The molecule has 0 spiro atoms. The van der Waals surface area contributed by atoms with Crippen LogP contribution in [-0.2, 0) is 19.2 Å². The highest BCUT2D eigenvalue weighted by molar-refractivity contribution is 7.07. The third-order valence-electron chi connectivity index (χ3n) is 1.74. The van der Waals surface area contributed by atoms with Crippen LogP contribution in [0.2, 0.25) is 0 Å². The maximum Gasteiger partial charge on any atom is 0.362 e. The molecule has 98 valence electrons. The van der Waals surface area contributed by atoms with E-state index in [-0.39, 0.29) is 29.2 Å². The Bertz CT molecular complexity index is 531. The lowest BCUT2D eigenvalue weighted by Gasteiger charge is -2.04. The zero-order valence-electron chi connectivity index (χ0n) is 9.69. The maximum atomic E-state index is 11.6. The van der Waals surface area contributed by atoms with Crippen molar-refractivity contribution in [1.82, 2.24) is 4.73 Å². The Balaban J connectivity index is 3.24. The van der Waals surface area contributed by atoms with Gasteiger partial charge in [0.1, 0.15) is 12.8 Å². The van der Waals surface area contributed by atoms with Crippen molar-refractivity contribution < 1.29 is 24.4 Å². The molecular formula is C9H11N3O5S. The predicted molar refractivity (Wildman–Crippen MR) is 61.3 cm³/mol. The molecule has 0 bridgehead atoms. The summed E-state index contributed by atoms with van der Waals surface area (Å²) in [6.07, 6.45) is 0.278. The van der Waals surface area contributed by atoms with E-state index >= 15 is 0 Å². The van der Waals surface area contributed by atoms with Crippen LogP contribution in [0.3, 0.4) is 0 Å². The van der Waals surface area contributed by atoms with Gasteiger partial charge in [-0.2, -0.15) is 9.72 Å². The summed E-state index contributed by atoms with van der Waals surface area (Å²) in [5, 5.41) is 14.6. The summed E-state index contributed by atoms with van der Waals surface area (Å²) < 4.78 is 5.33. The SMILES string of the molecule is CCOC(=O)C(=NOC)c1csc(=NC=O)n1O. The molecule has 0 saturated carbocycles. The lowest BCUT2D eigenvalue weighted by Crippen LogP contribution is -2.25. The molecule has 0 aliphatic heterocycles. The van der Waals surface area contributed by atoms with Gasteiger partial charge in [0.25, 0.3) is 0 Å². The van der Waals surface area contributed by atoms with Gasteiger partial charge in [-0.25, -0.2) is 4.79 Å². The summed E-state index contributed by atoms with van der Waals surface area (Å²) in [7, 11) is 1.25. The van der Waals surface area contributed by atoms with Gasteiger partial charge in [-0.3, -0.25) is 4.79 Å². The Kier molecular flexibility index (Phi) is 5.06. The molecule has 18 heavy (non-hydrogen) atoms. The summed E-state index contributed by atoms with van der Waals surface area (Å²) in [6, 6.07) is 0. The molecular weight excluding hydrogens is 262 g/mol. The number of thiazole rings is 1. The number of rotatable bonds is 5. The molecule has 1 rings (SSSR count). The molecule has 0 saturated heterocycles. The molecule has 1 aromatic heterocycles. The number of aromatic nitrogens is 1. The van der Waals surface area contributed by atoms with Crippen LogP contribution in [0.5, 0.6) is 0 Å². The largest absolute Gasteiger partial charge is 0.461 e. The lowest BCUT2D eigenvalue weighted by molar-refractivity contribution is -0.135. The van der Waals surface area contributed by atoms with Crippen LogP contribution in [0, 0.1) is 0 Å². The van der Waals surface area contributed by atoms with E-state index in [9.17, 15) is 14.8 Å². The van der Waals surface area contributed by atoms with Gasteiger partial charge in [-0.1, -0.05) is 5.16 Å². The molecule has 0 aromatic carbocycles. The smallest absolute Gasteiger partial charge is 0.362 e. The minimum atomic E-state index is -0.752. The van der Waals surface area contributed by atoms with Crippen LogP contribution in [0.4, 0.5) is 0 Å². The number of nitrogens with zero attached hydrogens (tertiary/aromatic N) is 3. The first kappa shape index (κ1) is 13.9. The normalized spacial score (nSPS) is 12.3. The van der Waals surface area contributed by atoms with E-state index in [0.29, 0.717) is 4.73 Å². The molecule has 0 radical (unpaired) electrons. The van der Waals surface area contributed by atoms with E-state index in [0.717, 1.165) is 11.3 Å². The van der Waals surface area contributed by atoms with Crippen molar-refractivity contribution in [2.45, 2.75) is 6.92 Å². The van der Waals surface area contributed by atoms with Crippen LogP contribution in [0.15, 0.2) is 15.5 Å². The molecule has 0 aliphatic rings. The fraction of sp³-hybridized carbons (Fsp3) is 0.333. The second-order valence-electron chi connectivity index (χ2n) is 2.79. The van der Waals surface area contributed by atoms with Gasteiger partial charge in [0.2, 0.25) is 16.9 Å². The van der Waals surface area contributed by atoms with Crippen molar-refractivity contribution >= 4 is 29.4 Å². The van der Waals surface area contributed by atoms with Crippen molar-refractivity contribution in [2.24, 2.45) is 10.1 Å². The highest BCUT2D eigenvalue weighted by Gasteiger charge is 2.21. The Hall–Kier alpha value is -2.16. The fourth-order valence-electron chi connectivity index (χ4n) is 1.08. The lowest BCUT2D eigenvalue weighted by atomic mass is 10.3. The first-order valence-electron chi connectivity index (χ1n) is 4.81. The maximum absolute atomic E-state index is 11.6. The van der Waals surface area contributed by atoms with Crippen molar-refractivity contribution in [3.8, 4) is 0 Å². The van der Waals surface area contributed by atoms with E-state index < -0.39 is 5.97 Å². The van der Waals surface area contributed by atoms with Crippen molar-refractivity contribution in [1.29, 1.82) is 0 Å². The second-order valence-corrected chi connectivity index (χ2v) is 3.63. The molecule has 8 nitrogen and oxygen atoms in total. The Morgan fingerprint density at radius 1 is 1.67 bits per heavy atom. The summed E-state index contributed by atoms with van der Waals surface area (Å²) in [6.45, 7) is 1.79. The number of carbonyl (C=O) groups is 2. The van der Waals surface area contributed by atoms with Crippen molar-refractivity contribution in [2.75, 3.05) is 13.7 Å². The number of hydrogen-bond donors (Lipinski definition) is 1. The number of oxime groups is 1. The van der Waals surface area contributed by atoms with Gasteiger partial charge < -0.3 is 14.8 Å². The average molecular weight is 273 g/mol. The van der Waals surface area contributed by atoms with Crippen LogP contribution in [0.25, 0.3) is 0 Å². The zero-order chi connectivity index (χ0) is 13.5. The first-order chi connectivity index (χ1) is 8.65. The topological polar surface area (TPSA) is 102 Å². The molecule has 1 amide bonds. The monoisotopic (exact) mass is 273 g/mol. The van der Waals surface area contributed by atoms with Crippen molar-refractivity contribution in [3.05, 3.63) is 15.9 Å². The molecule has 9 heteroatoms. The van der Waals surface area contributed by atoms with Gasteiger partial charge in [-0.15, -0.1) is 11.3 Å². The van der Waals surface area contributed by atoms with E-state index in [4.69, 9.17) is 4.74 Å². The average Bonchev–Trinajstić information content (AvgIpc) is 2.69. The van der Waals surface area contributed by atoms with Gasteiger partial charge >= 0.3 is 5.97 Å². The Morgan fingerprint density at radius 3 is 2.94 bits per heavy atom. The number of esters is 1. The molecule has 1 N–H and O–H groups in total.